The van der Waals surface area contributed by atoms with Crippen LogP contribution in [0.15, 0.2) is 59.6 Å². The number of nitrogens with one attached hydrogen (secondary N) is 2. The average molecular weight is 359 g/mol. The molecule has 6 heteroatoms. The van der Waals surface area contributed by atoms with E-state index in [0.717, 1.165) is 12.1 Å². The Kier molecular flexibility index (Phi) is 8.42. The van der Waals surface area contributed by atoms with E-state index < -0.39 is 0 Å². The van der Waals surface area contributed by atoms with Crippen molar-refractivity contribution in [3.8, 4) is 5.75 Å². The molecule has 0 aliphatic rings. The molecule has 0 aromatic heterocycles. The third-order valence-electron chi connectivity index (χ3n) is 3.76. The minimum absolute atomic E-state index is 0.0373. The summed E-state index contributed by atoms with van der Waals surface area (Å²) in [5.74, 6) is 0.791. The van der Waals surface area contributed by atoms with Crippen molar-refractivity contribution in [3.05, 3.63) is 66.0 Å². The summed E-state index contributed by atoms with van der Waals surface area (Å²) in [6, 6.07) is 15.9. The van der Waals surface area contributed by atoms with Crippen LogP contribution in [-0.2, 0) is 0 Å². The molecular formula is C20H26FN3O2. The Morgan fingerprint density at radius 3 is 2.65 bits per heavy atom. The highest BCUT2D eigenvalue weighted by atomic mass is 19.1. The molecule has 0 spiro atoms. The molecule has 0 aliphatic carbocycles. The van der Waals surface area contributed by atoms with Crippen LogP contribution in [0.3, 0.4) is 0 Å². The fourth-order valence-corrected chi connectivity index (χ4v) is 2.43. The molecule has 26 heavy (non-hydrogen) atoms. The Labute approximate surface area is 153 Å². The summed E-state index contributed by atoms with van der Waals surface area (Å²) in [5, 5.41) is 16.0. The van der Waals surface area contributed by atoms with Crippen molar-refractivity contribution in [2.24, 2.45) is 4.99 Å². The van der Waals surface area contributed by atoms with Gasteiger partial charge in [0.2, 0.25) is 0 Å². The van der Waals surface area contributed by atoms with Gasteiger partial charge in [-0.05, 0) is 24.6 Å². The van der Waals surface area contributed by atoms with E-state index in [9.17, 15) is 9.50 Å². The predicted molar refractivity (Wildman–Crippen MR) is 102 cm³/mol. The molecule has 0 bridgehead atoms. The van der Waals surface area contributed by atoms with Crippen LogP contribution in [0.5, 0.6) is 5.75 Å². The van der Waals surface area contributed by atoms with Crippen molar-refractivity contribution >= 4 is 5.96 Å². The third kappa shape index (κ3) is 6.72. The average Bonchev–Trinajstić information content (AvgIpc) is 2.66. The van der Waals surface area contributed by atoms with E-state index >= 15 is 0 Å². The first-order valence-electron chi connectivity index (χ1n) is 8.79. The lowest BCUT2D eigenvalue weighted by atomic mass is 10.0. The molecule has 0 fully saturated rings. The number of rotatable bonds is 9. The van der Waals surface area contributed by atoms with Crippen LogP contribution in [0.2, 0.25) is 0 Å². The summed E-state index contributed by atoms with van der Waals surface area (Å²) < 4.78 is 18.6. The number of hydrogen-bond acceptors (Lipinski definition) is 3. The lowest BCUT2D eigenvalue weighted by Crippen LogP contribution is -2.39. The zero-order valence-electron chi connectivity index (χ0n) is 15.0. The molecule has 5 nitrogen and oxygen atoms in total. The molecular weight excluding hydrogens is 333 g/mol. The number of guanidine groups is 1. The molecule has 2 rings (SSSR count). The van der Waals surface area contributed by atoms with Gasteiger partial charge in [0.25, 0.3) is 0 Å². The van der Waals surface area contributed by atoms with Gasteiger partial charge in [0.15, 0.2) is 5.96 Å². The number of aliphatic hydroxyl groups is 1. The van der Waals surface area contributed by atoms with Crippen molar-refractivity contribution in [2.45, 2.75) is 12.8 Å². The Morgan fingerprint density at radius 1 is 1.15 bits per heavy atom. The Hall–Kier alpha value is -2.60. The zero-order valence-corrected chi connectivity index (χ0v) is 15.0. The fraction of sp³-hybridized carbons (Fsp3) is 0.350. The van der Waals surface area contributed by atoms with Gasteiger partial charge in [0, 0.05) is 18.5 Å². The molecule has 140 valence electrons. The molecule has 2 aromatic rings. The maximum Gasteiger partial charge on any atom is 0.191 e. The van der Waals surface area contributed by atoms with E-state index in [4.69, 9.17) is 4.74 Å². The zero-order chi connectivity index (χ0) is 18.6. The Morgan fingerprint density at radius 2 is 1.96 bits per heavy atom. The molecule has 0 saturated carbocycles. The lowest BCUT2D eigenvalue weighted by molar-refractivity contribution is 0.268. The van der Waals surface area contributed by atoms with Gasteiger partial charge < -0.3 is 20.5 Å². The van der Waals surface area contributed by atoms with Crippen molar-refractivity contribution in [2.75, 3.05) is 32.8 Å². The largest absolute Gasteiger partial charge is 0.492 e. The van der Waals surface area contributed by atoms with E-state index in [-0.39, 0.29) is 18.3 Å². The first-order chi connectivity index (χ1) is 12.7. The topological polar surface area (TPSA) is 65.9 Å². The highest BCUT2D eigenvalue weighted by Crippen LogP contribution is 2.15. The third-order valence-corrected chi connectivity index (χ3v) is 3.76. The van der Waals surface area contributed by atoms with Crippen LogP contribution in [-0.4, -0.2) is 43.9 Å². The molecule has 0 amide bonds. The number of nitrogens with zero attached hydrogens (tertiary/aromatic N) is 1. The van der Waals surface area contributed by atoms with Gasteiger partial charge in [-0.25, -0.2) is 4.39 Å². The van der Waals surface area contributed by atoms with Gasteiger partial charge in [0.1, 0.15) is 18.2 Å². The standard InChI is InChI=1S/C20H26FN3O2/c1-2-22-20(23-11-12-26-19-10-6-9-18(21)13-19)24-14-17(15-25)16-7-4-3-5-8-16/h3-10,13,17,25H,2,11-12,14-15H2,1H3,(H2,22,23,24). The van der Waals surface area contributed by atoms with E-state index in [1.54, 1.807) is 12.1 Å². The summed E-state index contributed by atoms with van der Waals surface area (Å²) in [4.78, 5) is 4.54. The number of halogens is 1. The number of hydrogen-bond donors (Lipinski definition) is 3. The van der Waals surface area contributed by atoms with E-state index in [1.165, 1.54) is 12.1 Å². The van der Waals surface area contributed by atoms with Gasteiger partial charge in [0.05, 0.1) is 19.7 Å². The number of ether oxygens (including phenoxy) is 1. The molecule has 2 aromatic carbocycles. The molecule has 1 atom stereocenters. The van der Waals surface area contributed by atoms with Gasteiger partial charge in [-0.2, -0.15) is 0 Å². The molecule has 1 unspecified atom stereocenters. The molecule has 0 heterocycles. The summed E-state index contributed by atoms with van der Waals surface area (Å²) in [6.45, 7) is 4.14. The van der Waals surface area contributed by atoms with Crippen molar-refractivity contribution in [1.29, 1.82) is 0 Å². The van der Waals surface area contributed by atoms with Crippen LogP contribution < -0.4 is 15.4 Å². The van der Waals surface area contributed by atoms with Crippen LogP contribution >= 0.6 is 0 Å². The van der Waals surface area contributed by atoms with Crippen LogP contribution in [0.1, 0.15) is 18.4 Å². The number of aliphatic hydroxyl groups excluding tert-OH is 1. The van der Waals surface area contributed by atoms with E-state index in [0.29, 0.717) is 31.4 Å². The number of aliphatic imine (C=N–C) groups is 1. The van der Waals surface area contributed by atoms with E-state index in [2.05, 4.69) is 15.6 Å². The molecule has 0 saturated heterocycles. The van der Waals surface area contributed by atoms with Crippen LogP contribution in [0, 0.1) is 5.82 Å². The fourth-order valence-electron chi connectivity index (χ4n) is 2.43. The second-order valence-electron chi connectivity index (χ2n) is 5.74. The van der Waals surface area contributed by atoms with E-state index in [1.807, 2.05) is 37.3 Å². The van der Waals surface area contributed by atoms with Crippen LogP contribution in [0.4, 0.5) is 4.39 Å². The Bertz CT molecular complexity index is 680. The predicted octanol–water partition coefficient (Wildman–Crippen LogP) is 2.54. The summed E-state index contributed by atoms with van der Waals surface area (Å²) in [6.07, 6.45) is 0. The second-order valence-corrected chi connectivity index (χ2v) is 5.74. The lowest BCUT2D eigenvalue weighted by Gasteiger charge is -2.15. The number of benzene rings is 2. The summed E-state index contributed by atoms with van der Waals surface area (Å²) in [7, 11) is 0. The van der Waals surface area contributed by atoms with Gasteiger partial charge in [-0.15, -0.1) is 0 Å². The molecule has 0 radical (unpaired) electrons. The first-order valence-corrected chi connectivity index (χ1v) is 8.79. The van der Waals surface area contributed by atoms with Gasteiger partial charge in [-0.1, -0.05) is 36.4 Å². The second kappa shape index (κ2) is 11.1. The molecule has 0 aliphatic heterocycles. The molecule has 3 N–H and O–H groups in total. The summed E-state index contributed by atoms with van der Waals surface area (Å²) in [5.41, 5.74) is 1.06. The van der Waals surface area contributed by atoms with Crippen molar-refractivity contribution in [1.82, 2.24) is 10.6 Å². The van der Waals surface area contributed by atoms with Gasteiger partial charge >= 0.3 is 0 Å². The quantitative estimate of drug-likeness (QED) is 0.366. The van der Waals surface area contributed by atoms with Crippen molar-refractivity contribution < 1.29 is 14.2 Å². The normalized spacial score (nSPS) is 12.5. The van der Waals surface area contributed by atoms with Gasteiger partial charge in [-0.3, -0.25) is 4.99 Å². The van der Waals surface area contributed by atoms with Crippen molar-refractivity contribution in [3.63, 3.8) is 0 Å². The summed E-state index contributed by atoms with van der Waals surface area (Å²) >= 11 is 0. The maximum absolute atomic E-state index is 13.1. The maximum atomic E-state index is 13.1. The monoisotopic (exact) mass is 359 g/mol. The minimum atomic E-state index is -0.318. The Balaban J connectivity index is 1.83. The first kappa shape index (κ1) is 19.7. The van der Waals surface area contributed by atoms with Crippen LogP contribution in [0.25, 0.3) is 0 Å². The highest BCUT2D eigenvalue weighted by molar-refractivity contribution is 5.79. The smallest absolute Gasteiger partial charge is 0.191 e. The highest BCUT2D eigenvalue weighted by Gasteiger charge is 2.09. The SMILES string of the molecule is CCNC(=NCC(CO)c1ccccc1)NCCOc1cccc(F)c1. The minimum Gasteiger partial charge on any atom is -0.492 e.